The third kappa shape index (κ3) is 3.91. The molecule has 0 aliphatic carbocycles. The number of likely N-dealkylation sites (N-methyl/N-ethyl adjacent to an activating group) is 1. The Morgan fingerprint density at radius 3 is 2.42 bits per heavy atom. The molecule has 0 heterocycles. The third-order valence-corrected chi connectivity index (χ3v) is 2.86. The fourth-order valence-corrected chi connectivity index (χ4v) is 1.99. The van der Waals surface area contributed by atoms with Gasteiger partial charge < -0.3 is 10.1 Å². The number of alkyl halides is 3. The van der Waals surface area contributed by atoms with E-state index in [1.807, 2.05) is 0 Å². The van der Waals surface area contributed by atoms with Gasteiger partial charge in [0.05, 0.1) is 17.7 Å². The predicted molar refractivity (Wildman–Crippen MR) is 64.3 cm³/mol. The summed E-state index contributed by atoms with van der Waals surface area (Å²) in [6.07, 6.45) is -5.02. The molecule has 19 heavy (non-hydrogen) atoms. The van der Waals surface area contributed by atoms with E-state index < -0.39 is 23.6 Å². The van der Waals surface area contributed by atoms with Crippen molar-refractivity contribution in [2.24, 2.45) is 0 Å². The summed E-state index contributed by atoms with van der Waals surface area (Å²) in [5.74, 6) is -1.27. The lowest BCUT2D eigenvalue weighted by Gasteiger charge is -2.24. The third-order valence-electron chi connectivity index (χ3n) is 2.86. The van der Waals surface area contributed by atoms with Crippen LogP contribution < -0.4 is 5.32 Å². The molecule has 0 radical (unpaired) electrons. The van der Waals surface area contributed by atoms with Crippen molar-refractivity contribution in [2.45, 2.75) is 32.2 Å². The number of nitrogens with one attached hydrogen (secondary N) is 1. The van der Waals surface area contributed by atoms with Crippen LogP contribution in [0.4, 0.5) is 17.6 Å². The molecule has 6 heteroatoms. The van der Waals surface area contributed by atoms with Crippen molar-refractivity contribution in [3.8, 4) is 0 Å². The maximum absolute atomic E-state index is 13.2. The van der Waals surface area contributed by atoms with E-state index in [4.69, 9.17) is 4.74 Å². The molecule has 0 bridgehead atoms. The molecule has 0 fully saturated rings. The van der Waals surface area contributed by atoms with E-state index in [0.717, 1.165) is 12.1 Å². The fourth-order valence-electron chi connectivity index (χ4n) is 1.99. The summed E-state index contributed by atoms with van der Waals surface area (Å²) in [5.41, 5.74) is -0.911. The fraction of sp³-hybridized carbons (Fsp3) is 0.538. The smallest absolute Gasteiger partial charge is 0.377 e. The highest BCUT2D eigenvalue weighted by Gasteiger charge is 2.35. The summed E-state index contributed by atoms with van der Waals surface area (Å²) in [6.45, 7) is 4.00. The minimum absolute atomic E-state index is 0.318. The monoisotopic (exact) mass is 279 g/mol. The minimum atomic E-state index is -4.70. The van der Waals surface area contributed by atoms with Gasteiger partial charge in [-0.15, -0.1) is 0 Å². The molecule has 0 amide bonds. The van der Waals surface area contributed by atoms with Gasteiger partial charge in [0.25, 0.3) is 0 Å². The molecule has 2 nitrogen and oxygen atoms in total. The van der Waals surface area contributed by atoms with Gasteiger partial charge in [0.1, 0.15) is 5.82 Å². The van der Waals surface area contributed by atoms with Gasteiger partial charge in [0.15, 0.2) is 0 Å². The van der Waals surface area contributed by atoms with Crippen molar-refractivity contribution in [3.05, 3.63) is 35.1 Å². The molecule has 1 rings (SSSR count). The van der Waals surface area contributed by atoms with Gasteiger partial charge in [-0.3, -0.25) is 0 Å². The standard InChI is InChI=1S/C13H17F4NO/c1-4-19-8(2)12(18-3)9-5-6-11(14)10(7-9)13(15,16)17/h5-8,12,18H,4H2,1-3H3. The molecule has 0 spiro atoms. The Balaban J connectivity index is 3.12. The van der Waals surface area contributed by atoms with E-state index in [2.05, 4.69) is 5.32 Å². The molecule has 0 aromatic heterocycles. The minimum Gasteiger partial charge on any atom is -0.377 e. The van der Waals surface area contributed by atoms with Crippen LogP contribution in [-0.2, 0) is 10.9 Å². The first-order valence-corrected chi connectivity index (χ1v) is 5.96. The van der Waals surface area contributed by atoms with Gasteiger partial charge in [-0.25, -0.2) is 4.39 Å². The van der Waals surface area contributed by atoms with Gasteiger partial charge >= 0.3 is 6.18 Å². The predicted octanol–water partition coefficient (Wildman–Crippen LogP) is 3.53. The second kappa shape index (κ2) is 6.34. The number of hydrogen-bond acceptors (Lipinski definition) is 2. The topological polar surface area (TPSA) is 21.3 Å². The van der Waals surface area contributed by atoms with Crippen molar-refractivity contribution in [1.29, 1.82) is 0 Å². The van der Waals surface area contributed by atoms with Gasteiger partial charge in [0.2, 0.25) is 0 Å². The zero-order valence-corrected chi connectivity index (χ0v) is 11.0. The Morgan fingerprint density at radius 2 is 1.95 bits per heavy atom. The van der Waals surface area contributed by atoms with Gasteiger partial charge in [-0.1, -0.05) is 6.07 Å². The second-order valence-electron chi connectivity index (χ2n) is 4.16. The summed E-state index contributed by atoms with van der Waals surface area (Å²) in [6, 6.07) is 2.57. The molecule has 2 atom stereocenters. The number of rotatable bonds is 5. The largest absolute Gasteiger partial charge is 0.419 e. The number of ether oxygens (including phenoxy) is 1. The zero-order chi connectivity index (χ0) is 14.6. The SMILES string of the molecule is CCOC(C)C(NC)c1ccc(F)c(C(F)(F)F)c1. The van der Waals surface area contributed by atoms with Crippen LogP contribution >= 0.6 is 0 Å². The van der Waals surface area contributed by atoms with E-state index in [9.17, 15) is 17.6 Å². The molecule has 1 aromatic carbocycles. The molecule has 0 saturated heterocycles. The zero-order valence-electron chi connectivity index (χ0n) is 11.0. The van der Waals surface area contributed by atoms with Crippen LogP contribution in [0.2, 0.25) is 0 Å². The molecule has 0 aliphatic rings. The van der Waals surface area contributed by atoms with Crippen LogP contribution in [0.15, 0.2) is 18.2 Å². The average molecular weight is 279 g/mol. The van der Waals surface area contributed by atoms with Crippen LogP contribution in [-0.4, -0.2) is 19.8 Å². The highest BCUT2D eigenvalue weighted by atomic mass is 19.4. The summed E-state index contributed by atoms with van der Waals surface area (Å²) >= 11 is 0. The summed E-state index contributed by atoms with van der Waals surface area (Å²) < 4.78 is 56.5. The second-order valence-corrected chi connectivity index (χ2v) is 4.16. The first-order chi connectivity index (χ1) is 8.81. The van der Waals surface area contributed by atoms with E-state index in [1.54, 1.807) is 20.9 Å². The van der Waals surface area contributed by atoms with Crippen LogP contribution in [0.5, 0.6) is 0 Å². The maximum atomic E-state index is 13.2. The Bertz CT molecular complexity index is 420. The van der Waals surface area contributed by atoms with E-state index in [-0.39, 0.29) is 6.10 Å². The van der Waals surface area contributed by atoms with Gasteiger partial charge in [0, 0.05) is 6.61 Å². The van der Waals surface area contributed by atoms with Crippen molar-refractivity contribution in [1.82, 2.24) is 5.32 Å². The molecule has 1 N–H and O–H groups in total. The highest BCUT2D eigenvalue weighted by molar-refractivity contribution is 5.30. The molecule has 2 unspecified atom stereocenters. The lowest BCUT2D eigenvalue weighted by atomic mass is 9.99. The molecular weight excluding hydrogens is 262 g/mol. The van der Waals surface area contributed by atoms with Gasteiger partial charge in [-0.05, 0) is 38.6 Å². The number of hydrogen-bond donors (Lipinski definition) is 1. The van der Waals surface area contributed by atoms with E-state index in [0.29, 0.717) is 12.2 Å². The normalized spacial score (nSPS) is 15.3. The molecule has 0 aliphatic heterocycles. The lowest BCUT2D eigenvalue weighted by molar-refractivity contribution is -0.140. The van der Waals surface area contributed by atoms with Crippen LogP contribution in [0.3, 0.4) is 0 Å². The average Bonchev–Trinajstić information content (AvgIpc) is 2.31. The van der Waals surface area contributed by atoms with Crippen molar-refractivity contribution in [3.63, 3.8) is 0 Å². The van der Waals surface area contributed by atoms with Crippen molar-refractivity contribution in [2.75, 3.05) is 13.7 Å². The molecule has 0 saturated carbocycles. The Hall–Kier alpha value is -1.14. The van der Waals surface area contributed by atoms with E-state index in [1.165, 1.54) is 6.07 Å². The van der Waals surface area contributed by atoms with E-state index >= 15 is 0 Å². The molecule has 1 aromatic rings. The van der Waals surface area contributed by atoms with Crippen LogP contribution in [0, 0.1) is 5.82 Å². The van der Waals surface area contributed by atoms with Crippen LogP contribution in [0.25, 0.3) is 0 Å². The first-order valence-electron chi connectivity index (χ1n) is 5.96. The number of halogens is 4. The Labute approximate surface area is 109 Å². The lowest BCUT2D eigenvalue weighted by Crippen LogP contribution is -2.30. The first kappa shape index (κ1) is 15.9. The van der Waals surface area contributed by atoms with Crippen molar-refractivity contribution >= 4 is 0 Å². The summed E-state index contributed by atoms with van der Waals surface area (Å²) in [7, 11) is 1.62. The maximum Gasteiger partial charge on any atom is 0.419 e. The Kier molecular flexibility index (Phi) is 5.31. The molecule has 108 valence electrons. The quantitative estimate of drug-likeness (QED) is 0.833. The highest BCUT2D eigenvalue weighted by Crippen LogP contribution is 2.33. The molecular formula is C13H17F4NO. The van der Waals surface area contributed by atoms with Crippen LogP contribution in [0.1, 0.15) is 31.0 Å². The van der Waals surface area contributed by atoms with Gasteiger partial charge in [-0.2, -0.15) is 13.2 Å². The summed E-state index contributed by atoms with van der Waals surface area (Å²) in [4.78, 5) is 0. The number of benzene rings is 1. The van der Waals surface area contributed by atoms with Crippen molar-refractivity contribution < 1.29 is 22.3 Å². The Morgan fingerprint density at radius 1 is 1.32 bits per heavy atom. The summed E-state index contributed by atoms with van der Waals surface area (Å²) in [5, 5.41) is 2.89.